The van der Waals surface area contributed by atoms with Gasteiger partial charge >= 0.3 is 6.03 Å². The Balaban J connectivity index is 1.52. The van der Waals surface area contributed by atoms with E-state index in [1.54, 1.807) is 17.4 Å². The van der Waals surface area contributed by atoms with Gasteiger partial charge in [-0.3, -0.25) is 10.1 Å². The number of halogens is 1. The highest BCUT2D eigenvalue weighted by Gasteiger charge is 2.28. The molecule has 0 spiro atoms. The molecular formula is C27H27FN4O2S. The highest BCUT2D eigenvalue weighted by Crippen LogP contribution is 2.34. The number of ketones is 1. The van der Waals surface area contributed by atoms with Crippen LogP contribution in [0.25, 0.3) is 22.4 Å². The topological polar surface area (TPSA) is 67.2 Å². The van der Waals surface area contributed by atoms with Crippen molar-refractivity contribution < 1.29 is 14.0 Å². The van der Waals surface area contributed by atoms with Crippen molar-refractivity contribution in [3.63, 3.8) is 0 Å². The number of rotatable bonds is 5. The van der Waals surface area contributed by atoms with Crippen LogP contribution in [0.1, 0.15) is 47.5 Å². The van der Waals surface area contributed by atoms with Crippen LogP contribution < -0.4 is 5.32 Å². The summed E-state index contributed by atoms with van der Waals surface area (Å²) in [6.07, 6.45) is 2.13. The van der Waals surface area contributed by atoms with Crippen LogP contribution in [0.4, 0.5) is 14.2 Å². The summed E-state index contributed by atoms with van der Waals surface area (Å²) >= 11 is 1.55. The summed E-state index contributed by atoms with van der Waals surface area (Å²) in [5.74, 6) is 0.360. The van der Waals surface area contributed by atoms with Gasteiger partial charge in [0.25, 0.3) is 0 Å². The second-order valence-electron chi connectivity index (χ2n) is 8.88. The Labute approximate surface area is 207 Å². The van der Waals surface area contributed by atoms with E-state index in [0.717, 1.165) is 28.2 Å². The van der Waals surface area contributed by atoms with Crippen LogP contribution in [0.3, 0.4) is 0 Å². The fourth-order valence-corrected chi connectivity index (χ4v) is 5.47. The van der Waals surface area contributed by atoms with E-state index in [2.05, 4.69) is 9.88 Å². The lowest BCUT2D eigenvalue weighted by atomic mass is 10.0. The smallest absolute Gasteiger partial charge is 0.322 e. The van der Waals surface area contributed by atoms with E-state index in [0.29, 0.717) is 42.0 Å². The SMILES string of the molecule is CCC(=O)c1ccc2c(c1)nc(-c1cccc(F)c1)n2C1CCCN(C(=O)Nc2ccc(C)s2)C1. The molecule has 2 amide bonds. The first-order chi connectivity index (χ1) is 16.9. The number of piperidine rings is 1. The molecule has 3 heterocycles. The summed E-state index contributed by atoms with van der Waals surface area (Å²) in [5.41, 5.74) is 2.85. The number of hydrogen-bond donors (Lipinski definition) is 1. The zero-order valence-corrected chi connectivity index (χ0v) is 20.6. The number of thiophene rings is 1. The Morgan fingerprint density at radius 2 is 2.03 bits per heavy atom. The minimum atomic E-state index is -0.334. The van der Waals surface area contributed by atoms with Crippen LogP contribution in [0.5, 0.6) is 0 Å². The van der Waals surface area contributed by atoms with Crippen molar-refractivity contribution >= 4 is 39.2 Å². The molecule has 1 fully saturated rings. The average molecular weight is 491 g/mol. The lowest BCUT2D eigenvalue weighted by Crippen LogP contribution is -2.43. The Morgan fingerprint density at radius 1 is 1.17 bits per heavy atom. The molecule has 6 nitrogen and oxygen atoms in total. The van der Waals surface area contributed by atoms with Crippen molar-refractivity contribution in [3.8, 4) is 11.4 Å². The zero-order valence-electron chi connectivity index (χ0n) is 19.8. The van der Waals surface area contributed by atoms with Crippen molar-refractivity contribution in [1.29, 1.82) is 0 Å². The number of anilines is 1. The quantitative estimate of drug-likeness (QED) is 0.318. The largest absolute Gasteiger partial charge is 0.322 e. The predicted molar refractivity (Wildman–Crippen MR) is 138 cm³/mol. The van der Waals surface area contributed by atoms with Crippen LogP contribution in [-0.4, -0.2) is 39.4 Å². The molecule has 0 radical (unpaired) electrons. The summed E-state index contributed by atoms with van der Waals surface area (Å²) < 4.78 is 16.2. The zero-order chi connectivity index (χ0) is 24.5. The second-order valence-corrected chi connectivity index (χ2v) is 10.2. The van der Waals surface area contributed by atoms with Crippen LogP contribution in [0, 0.1) is 12.7 Å². The number of nitrogens with one attached hydrogen (secondary N) is 1. The molecule has 5 rings (SSSR count). The molecule has 35 heavy (non-hydrogen) atoms. The van der Waals surface area contributed by atoms with Crippen LogP contribution in [-0.2, 0) is 0 Å². The highest BCUT2D eigenvalue weighted by molar-refractivity contribution is 7.16. The van der Waals surface area contributed by atoms with E-state index in [1.807, 2.05) is 55.1 Å². The number of fused-ring (bicyclic) bond motifs is 1. The Hall–Kier alpha value is -3.52. The molecule has 1 aliphatic heterocycles. The second kappa shape index (κ2) is 9.62. The summed E-state index contributed by atoms with van der Waals surface area (Å²) in [7, 11) is 0. The van der Waals surface area contributed by atoms with Gasteiger partial charge < -0.3 is 9.47 Å². The molecule has 0 aliphatic carbocycles. The average Bonchev–Trinajstić information content (AvgIpc) is 3.46. The van der Waals surface area contributed by atoms with Crippen LogP contribution in [0.2, 0.25) is 0 Å². The summed E-state index contributed by atoms with van der Waals surface area (Å²) in [6, 6.07) is 15.7. The first-order valence-electron chi connectivity index (χ1n) is 11.9. The Morgan fingerprint density at radius 3 is 2.77 bits per heavy atom. The number of aryl methyl sites for hydroxylation is 1. The van der Waals surface area contributed by atoms with E-state index in [9.17, 15) is 14.0 Å². The lowest BCUT2D eigenvalue weighted by Gasteiger charge is -2.34. The monoisotopic (exact) mass is 490 g/mol. The van der Waals surface area contributed by atoms with E-state index in [-0.39, 0.29) is 23.7 Å². The van der Waals surface area contributed by atoms with E-state index < -0.39 is 0 Å². The molecule has 0 bridgehead atoms. The third kappa shape index (κ3) is 4.71. The van der Waals surface area contributed by atoms with Crippen molar-refractivity contribution in [2.75, 3.05) is 18.4 Å². The highest BCUT2D eigenvalue weighted by atomic mass is 32.1. The van der Waals surface area contributed by atoms with Crippen molar-refractivity contribution in [3.05, 3.63) is 70.9 Å². The first-order valence-corrected chi connectivity index (χ1v) is 12.7. The maximum atomic E-state index is 14.1. The molecule has 1 aliphatic rings. The van der Waals surface area contributed by atoms with Gasteiger partial charge in [-0.05, 0) is 62.2 Å². The molecule has 8 heteroatoms. The molecule has 0 saturated carbocycles. The van der Waals surface area contributed by atoms with Crippen molar-refractivity contribution in [2.45, 2.75) is 39.2 Å². The molecule has 1 unspecified atom stereocenters. The predicted octanol–water partition coefficient (Wildman–Crippen LogP) is 6.67. The number of amides is 2. The molecule has 4 aromatic rings. The van der Waals surface area contributed by atoms with Crippen LogP contribution in [0.15, 0.2) is 54.6 Å². The van der Waals surface area contributed by atoms with Gasteiger partial charge in [0.05, 0.1) is 22.1 Å². The van der Waals surface area contributed by atoms with Crippen molar-refractivity contribution in [1.82, 2.24) is 14.5 Å². The van der Waals surface area contributed by atoms with Gasteiger partial charge in [-0.25, -0.2) is 14.2 Å². The number of hydrogen-bond acceptors (Lipinski definition) is 4. The fourth-order valence-electron chi connectivity index (χ4n) is 4.71. The Bertz CT molecular complexity index is 1410. The minimum absolute atomic E-state index is 0.0319. The van der Waals surface area contributed by atoms with E-state index >= 15 is 0 Å². The number of Topliss-reactive ketones (excluding diaryl/α,β-unsaturated/α-hetero) is 1. The molecular weight excluding hydrogens is 463 g/mol. The standard InChI is InChI=1S/C27H27FN4O2S/c1-3-24(33)18-10-11-23-22(15-18)29-26(19-6-4-7-20(28)14-19)32(23)21-8-5-13-31(16-21)27(34)30-25-12-9-17(2)35-25/h4,6-7,9-12,14-15,21H,3,5,8,13,16H2,1-2H3,(H,30,34). The van der Waals surface area contributed by atoms with Gasteiger partial charge in [0.15, 0.2) is 5.78 Å². The van der Waals surface area contributed by atoms with E-state index in [1.165, 1.54) is 12.1 Å². The van der Waals surface area contributed by atoms with Crippen molar-refractivity contribution in [2.24, 2.45) is 0 Å². The summed E-state index contributed by atoms with van der Waals surface area (Å²) in [5, 5.41) is 3.84. The third-order valence-electron chi connectivity index (χ3n) is 6.43. The maximum absolute atomic E-state index is 14.1. The molecule has 1 N–H and O–H groups in total. The van der Waals surface area contributed by atoms with Gasteiger partial charge in [-0.1, -0.05) is 19.1 Å². The summed E-state index contributed by atoms with van der Waals surface area (Å²) in [6.45, 7) is 5.03. The van der Waals surface area contributed by atoms with Gasteiger partial charge in [-0.15, -0.1) is 11.3 Å². The number of carbonyl (C=O) groups is 2. The number of nitrogens with zero attached hydrogens (tertiary/aromatic N) is 3. The van der Waals surface area contributed by atoms with Gasteiger partial charge in [0.2, 0.25) is 0 Å². The molecule has 1 saturated heterocycles. The number of benzene rings is 2. The minimum Gasteiger partial charge on any atom is -0.322 e. The molecule has 2 aromatic heterocycles. The van der Waals surface area contributed by atoms with Gasteiger partial charge in [0.1, 0.15) is 11.6 Å². The van der Waals surface area contributed by atoms with E-state index in [4.69, 9.17) is 4.98 Å². The fraction of sp³-hybridized carbons (Fsp3) is 0.296. The molecule has 2 aromatic carbocycles. The number of carbonyl (C=O) groups excluding carboxylic acids is 2. The number of aromatic nitrogens is 2. The number of likely N-dealkylation sites (tertiary alicyclic amines) is 1. The van der Waals surface area contributed by atoms with Gasteiger partial charge in [-0.2, -0.15) is 0 Å². The lowest BCUT2D eigenvalue weighted by molar-refractivity contribution is 0.0988. The number of urea groups is 1. The first kappa shape index (κ1) is 23.2. The summed E-state index contributed by atoms with van der Waals surface area (Å²) in [4.78, 5) is 33.1. The molecule has 180 valence electrons. The van der Waals surface area contributed by atoms with Crippen LogP contribution >= 0.6 is 11.3 Å². The normalized spacial score (nSPS) is 16.0. The molecule has 1 atom stereocenters. The number of imidazole rings is 1. The maximum Gasteiger partial charge on any atom is 0.322 e. The third-order valence-corrected chi connectivity index (χ3v) is 7.35. The Kier molecular flexibility index (Phi) is 6.38. The van der Waals surface area contributed by atoms with Gasteiger partial charge in [0, 0.05) is 35.5 Å².